The van der Waals surface area contributed by atoms with Gasteiger partial charge in [0.1, 0.15) is 17.2 Å². The lowest BCUT2D eigenvalue weighted by atomic mass is 10.1. The average Bonchev–Trinajstić information content (AvgIpc) is 3.24. The van der Waals surface area contributed by atoms with Crippen molar-refractivity contribution in [3.8, 4) is 17.2 Å². The van der Waals surface area contributed by atoms with Gasteiger partial charge < -0.3 is 15.3 Å². The molecule has 0 atom stereocenters. The third kappa shape index (κ3) is 6.21. The minimum absolute atomic E-state index is 0.0334. The summed E-state index contributed by atoms with van der Waals surface area (Å²) < 4.78 is 0. The van der Waals surface area contributed by atoms with E-state index in [9.17, 15) is 15.3 Å². The summed E-state index contributed by atoms with van der Waals surface area (Å²) in [5.74, 6) is 0.782. The number of benzene rings is 3. The van der Waals surface area contributed by atoms with Gasteiger partial charge >= 0.3 is 0 Å². The molecule has 0 saturated carbocycles. The fourth-order valence-corrected chi connectivity index (χ4v) is 4.13. The van der Waals surface area contributed by atoms with Gasteiger partial charge in [0.05, 0.1) is 19.3 Å². The smallest absolute Gasteiger partial charge is 0.121 e. The van der Waals surface area contributed by atoms with Crippen LogP contribution in [0.2, 0.25) is 0 Å². The molecule has 0 aliphatic carbocycles. The highest BCUT2D eigenvalue weighted by molar-refractivity contribution is 5.80. The lowest BCUT2D eigenvalue weighted by molar-refractivity contribution is 0.140. The first-order chi connectivity index (χ1) is 16.6. The van der Waals surface area contributed by atoms with E-state index in [-0.39, 0.29) is 17.7 Å². The van der Waals surface area contributed by atoms with Crippen molar-refractivity contribution >= 4 is 12.4 Å². The van der Waals surface area contributed by atoms with Crippen molar-refractivity contribution in [3.05, 3.63) is 89.5 Å². The molecule has 0 radical (unpaired) electrons. The number of hydrogen-bond acceptors (Lipinski definition) is 7. The Bertz CT molecular complexity index is 1050. The molecule has 0 amide bonds. The van der Waals surface area contributed by atoms with E-state index in [1.807, 2.05) is 54.9 Å². The minimum atomic E-state index is -0.0334. The number of rotatable bonds is 9. The van der Waals surface area contributed by atoms with Crippen LogP contribution in [0.3, 0.4) is 0 Å². The third-order valence-electron chi connectivity index (χ3n) is 5.88. The Labute approximate surface area is 200 Å². The van der Waals surface area contributed by atoms with Gasteiger partial charge in [0.25, 0.3) is 0 Å². The monoisotopic (exact) mass is 458 g/mol. The topological polar surface area (TPSA) is 91.9 Å². The molecule has 0 unspecified atom stereocenters. The molecule has 0 bridgehead atoms. The fourth-order valence-electron chi connectivity index (χ4n) is 4.13. The summed E-state index contributed by atoms with van der Waals surface area (Å²) in [5.41, 5.74) is 2.79. The number of aromatic hydroxyl groups is 3. The molecule has 1 saturated heterocycles. The van der Waals surface area contributed by atoms with Gasteiger partial charge in [-0.1, -0.05) is 18.2 Å². The van der Waals surface area contributed by atoms with Crippen molar-refractivity contribution < 1.29 is 15.3 Å². The first kappa shape index (κ1) is 23.5. The molecule has 0 aromatic heterocycles. The normalized spacial score (nSPS) is 17.2. The minimum Gasteiger partial charge on any atom is -0.508 e. The molecule has 3 aromatic rings. The molecule has 1 fully saturated rings. The van der Waals surface area contributed by atoms with Crippen molar-refractivity contribution in [1.82, 2.24) is 9.80 Å². The van der Waals surface area contributed by atoms with Crippen molar-refractivity contribution in [3.63, 3.8) is 0 Å². The summed E-state index contributed by atoms with van der Waals surface area (Å²) in [6.45, 7) is 4.57. The Balaban J connectivity index is 1.38. The molecule has 7 nitrogen and oxygen atoms in total. The zero-order chi connectivity index (χ0) is 23.8. The third-order valence-corrected chi connectivity index (χ3v) is 5.88. The second-order valence-corrected chi connectivity index (χ2v) is 8.26. The van der Waals surface area contributed by atoms with E-state index in [1.54, 1.807) is 30.3 Å². The predicted octanol–water partition coefficient (Wildman–Crippen LogP) is 3.66. The quantitative estimate of drug-likeness (QED) is 0.426. The van der Waals surface area contributed by atoms with E-state index >= 15 is 0 Å². The van der Waals surface area contributed by atoms with Gasteiger partial charge in [0, 0.05) is 44.2 Å². The largest absolute Gasteiger partial charge is 0.508 e. The van der Waals surface area contributed by atoms with Crippen LogP contribution in [0.5, 0.6) is 17.2 Å². The molecule has 1 aliphatic rings. The van der Waals surface area contributed by atoms with E-state index < -0.39 is 0 Å². The number of phenols is 3. The van der Waals surface area contributed by atoms with Crippen LogP contribution in [0.25, 0.3) is 0 Å². The second kappa shape index (κ2) is 11.4. The predicted molar refractivity (Wildman–Crippen MR) is 135 cm³/mol. The summed E-state index contributed by atoms with van der Waals surface area (Å²) in [7, 11) is 0. The molecule has 34 heavy (non-hydrogen) atoms. The Hall–Kier alpha value is -3.68. The van der Waals surface area contributed by atoms with Crippen LogP contribution in [-0.4, -0.2) is 76.8 Å². The number of nitrogens with zero attached hydrogens (tertiary/aromatic N) is 4. The van der Waals surface area contributed by atoms with E-state index in [2.05, 4.69) is 19.8 Å². The van der Waals surface area contributed by atoms with Crippen molar-refractivity contribution in [2.24, 2.45) is 9.98 Å². The summed E-state index contributed by atoms with van der Waals surface area (Å²) in [6.07, 6.45) is 3.61. The highest BCUT2D eigenvalue weighted by Crippen LogP contribution is 2.34. The van der Waals surface area contributed by atoms with Crippen LogP contribution >= 0.6 is 0 Å². The molecule has 7 heteroatoms. The maximum absolute atomic E-state index is 10.5. The average molecular weight is 459 g/mol. The van der Waals surface area contributed by atoms with E-state index in [4.69, 9.17) is 0 Å². The summed E-state index contributed by atoms with van der Waals surface area (Å²) in [5, 5.41) is 29.4. The van der Waals surface area contributed by atoms with Crippen LogP contribution in [0.1, 0.15) is 22.9 Å². The number of para-hydroxylation sites is 1. The van der Waals surface area contributed by atoms with Crippen LogP contribution in [-0.2, 0) is 0 Å². The zero-order valence-corrected chi connectivity index (χ0v) is 19.0. The highest BCUT2D eigenvalue weighted by atomic mass is 16.3. The van der Waals surface area contributed by atoms with E-state index in [0.717, 1.165) is 42.9 Å². The summed E-state index contributed by atoms with van der Waals surface area (Å²) >= 11 is 0. The molecule has 4 rings (SSSR count). The van der Waals surface area contributed by atoms with Crippen LogP contribution in [0.15, 0.2) is 82.8 Å². The molecular formula is C27H30N4O3. The standard InChI is InChI=1S/C27H30N4O3/c32-23-9-5-21(6-10-23)19-28-13-15-30-17-18-31(27(30)25-3-1-2-4-26(25)34)16-14-29-20-22-7-11-24(33)12-8-22/h1-12,19-20,27,32-34H,13-18H2. The first-order valence-corrected chi connectivity index (χ1v) is 11.4. The molecule has 3 N–H and O–H groups in total. The number of phenolic OH excluding ortho intramolecular Hbond substituents is 3. The van der Waals surface area contributed by atoms with Gasteiger partial charge in [-0.3, -0.25) is 19.8 Å². The molecular weight excluding hydrogens is 428 g/mol. The van der Waals surface area contributed by atoms with Gasteiger partial charge in [-0.2, -0.15) is 0 Å². The second-order valence-electron chi connectivity index (χ2n) is 8.26. The Kier molecular flexibility index (Phi) is 7.91. The van der Waals surface area contributed by atoms with Crippen LogP contribution < -0.4 is 0 Å². The lowest BCUT2D eigenvalue weighted by Crippen LogP contribution is -2.33. The van der Waals surface area contributed by atoms with Crippen molar-refractivity contribution in [2.75, 3.05) is 39.3 Å². The van der Waals surface area contributed by atoms with Crippen molar-refractivity contribution in [1.29, 1.82) is 0 Å². The molecule has 0 spiro atoms. The first-order valence-electron chi connectivity index (χ1n) is 11.4. The van der Waals surface area contributed by atoms with Gasteiger partial charge in [-0.25, -0.2) is 0 Å². The number of hydrogen-bond donors (Lipinski definition) is 3. The lowest BCUT2D eigenvalue weighted by Gasteiger charge is -2.30. The van der Waals surface area contributed by atoms with Crippen LogP contribution in [0, 0.1) is 0 Å². The van der Waals surface area contributed by atoms with E-state index in [0.29, 0.717) is 18.8 Å². The fraction of sp³-hybridized carbons (Fsp3) is 0.259. The number of aliphatic imine (C=N–C) groups is 2. The molecule has 1 heterocycles. The molecule has 3 aromatic carbocycles. The van der Waals surface area contributed by atoms with Gasteiger partial charge in [-0.15, -0.1) is 0 Å². The molecule has 1 aliphatic heterocycles. The Morgan fingerprint density at radius 1 is 0.676 bits per heavy atom. The van der Waals surface area contributed by atoms with Crippen LogP contribution in [0.4, 0.5) is 0 Å². The molecule has 176 valence electrons. The Morgan fingerprint density at radius 3 is 1.62 bits per heavy atom. The zero-order valence-electron chi connectivity index (χ0n) is 19.0. The van der Waals surface area contributed by atoms with Gasteiger partial charge in [-0.05, 0) is 65.7 Å². The SMILES string of the molecule is Oc1ccc(C=NCCN2CCN(CCN=Cc3ccc(O)cc3)C2c2ccccc2O)cc1. The van der Waals surface area contributed by atoms with Gasteiger partial charge in [0.2, 0.25) is 0 Å². The van der Waals surface area contributed by atoms with E-state index in [1.165, 1.54) is 0 Å². The summed E-state index contributed by atoms with van der Waals surface area (Å²) in [4.78, 5) is 13.8. The Morgan fingerprint density at radius 2 is 1.15 bits per heavy atom. The maximum atomic E-state index is 10.5. The highest BCUT2D eigenvalue weighted by Gasteiger charge is 2.33. The summed E-state index contributed by atoms with van der Waals surface area (Å²) in [6, 6.07) is 21.4. The van der Waals surface area contributed by atoms with Crippen molar-refractivity contribution in [2.45, 2.75) is 6.17 Å². The maximum Gasteiger partial charge on any atom is 0.121 e. The van der Waals surface area contributed by atoms with Gasteiger partial charge in [0.15, 0.2) is 0 Å².